The van der Waals surface area contributed by atoms with Gasteiger partial charge < -0.3 is 15.0 Å². The molecule has 1 unspecified atom stereocenters. The van der Waals surface area contributed by atoms with Gasteiger partial charge in [-0.15, -0.1) is 0 Å². The zero-order chi connectivity index (χ0) is 14.3. The third-order valence-corrected chi connectivity index (χ3v) is 3.13. The van der Waals surface area contributed by atoms with Crippen molar-refractivity contribution in [1.29, 1.82) is 0 Å². The van der Waals surface area contributed by atoms with E-state index in [0.717, 1.165) is 18.4 Å². The summed E-state index contributed by atoms with van der Waals surface area (Å²) in [5.74, 6) is 0.584. The molecule has 0 fully saturated rings. The Balaban J connectivity index is 2.59. The highest BCUT2D eigenvalue weighted by molar-refractivity contribution is 5.70. The summed E-state index contributed by atoms with van der Waals surface area (Å²) >= 11 is 0. The van der Waals surface area contributed by atoms with E-state index in [2.05, 4.69) is 24.1 Å². The minimum Gasteiger partial charge on any atom is -0.410 e. The normalized spacial score (nSPS) is 12.3. The van der Waals surface area contributed by atoms with Crippen LogP contribution in [0.25, 0.3) is 0 Å². The average molecular weight is 264 g/mol. The molecule has 0 aliphatic rings. The Morgan fingerprint density at radius 3 is 2.79 bits per heavy atom. The third-order valence-electron chi connectivity index (χ3n) is 3.13. The number of unbranched alkanes of at least 4 members (excludes halogenated alkanes) is 1. The zero-order valence-electron chi connectivity index (χ0n) is 12.3. The number of hydrogen-bond acceptors (Lipinski definition) is 3. The zero-order valence-corrected chi connectivity index (χ0v) is 12.3. The molecule has 4 nitrogen and oxygen atoms in total. The van der Waals surface area contributed by atoms with Gasteiger partial charge in [0.25, 0.3) is 0 Å². The molecule has 1 aromatic rings. The fraction of sp³-hybridized carbons (Fsp3) is 0.533. The first-order chi connectivity index (χ1) is 9.04. The van der Waals surface area contributed by atoms with E-state index in [1.165, 1.54) is 0 Å². The van der Waals surface area contributed by atoms with Gasteiger partial charge in [-0.25, -0.2) is 4.79 Å². The van der Waals surface area contributed by atoms with Crippen LogP contribution in [-0.4, -0.2) is 31.6 Å². The molecular weight excluding hydrogens is 240 g/mol. The van der Waals surface area contributed by atoms with Crippen molar-refractivity contribution in [2.45, 2.75) is 32.7 Å². The highest BCUT2D eigenvalue weighted by Crippen LogP contribution is 2.22. The number of ether oxygens (including phenoxy) is 1. The van der Waals surface area contributed by atoms with Gasteiger partial charge in [-0.3, -0.25) is 0 Å². The van der Waals surface area contributed by atoms with E-state index in [1.807, 2.05) is 32.3 Å². The van der Waals surface area contributed by atoms with Crippen molar-refractivity contribution in [1.82, 2.24) is 10.2 Å². The monoisotopic (exact) mass is 264 g/mol. The molecule has 1 atom stereocenters. The summed E-state index contributed by atoms with van der Waals surface area (Å²) in [5, 5.41) is 2.73. The van der Waals surface area contributed by atoms with Crippen LogP contribution in [0.3, 0.4) is 0 Å². The molecule has 0 spiro atoms. The lowest BCUT2D eigenvalue weighted by Gasteiger charge is -2.20. The largest absolute Gasteiger partial charge is 0.412 e. The lowest BCUT2D eigenvalue weighted by molar-refractivity contribution is 0.200. The predicted molar refractivity (Wildman–Crippen MR) is 77.5 cm³/mol. The van der Waals surface area contributed by atoms with Crippen LogP contribution >= 0.6 is 0 Å². The molecule has 0 aromatic heterocycles. The van der Waals surface area contributed by atoms with Gasteiger partial charge in [0.1, 0.15) is 5.75 Å². The van der Waals surface area contributed by atoms with Crippen molar-refractivity contribution in [3.63, 3.8) is 0 Å². The van der Waals surface area contributed by atoms with Crippen LogP contribution in [0.5, 0.6) is 5.75 Å². The van der Waals surface area contributed by atoms with Crippen molar-refractivity contribution in [2.24, 2.45) is 0 Å². The van der Waals surface area contributed by atoms with Crippen molar-refractivity contribution < 1.29 is 9.53 Å². The molecule has 0 aliphatic carbocycles. The number of nitrogens with zero attached hydrogens (tertiary/aromatic N) is 1. The maximum Gasteiger partial charge on any atom is 0.412 e. The van der Waals surface area contributed by atoms with Crippen molar-refractivity contribution in [3.8, 4) is 5.75 Å². The fourth-order valence-electron chi connectivity index (χ4n) is 1.65. The molecule has 0 saturated carbocycles. The first-order valence-corrected chi connectivity index (χ1v) is 6.76. The predicted octanol–water partition coefficient (Wildman–Crippen LogP) is 3.20. The Kier molecular flexibility index (Phi) is 6.36. The molecule has 0 aliphatic heterocycles. The standard InChI is InChI=1S/C15H24N2O2/c1-5-6-10-16-15(18)19-14-9-7-8-13(11-14)12(2)17(3)4/h7-9,11-12H,5-6,10H2,1-4H3,(H,16,18). The molecule has 0 saturated heterocycles. The molecule has 1 aromatic carbocycles. The van der Waals surface area contributed by atoms with Crippen LogP contribution in [0.2, 0.25) is 0 Å². The Morgan fingerprint density at radius 2 is 2.16 bits per heavy atom. The number of benzene rings is 1. The van der Waals surface area contributed by atoms with Crippen molar-refractivity contribution >= 4 is 6.09 Å². The van der Waals surface area contributed by atoms with Crippen LogP contribution in [-0.2, 0) is 0 Å². The van der Waals surface area contributed by atoms with E-state index in [-0.39, 0.29) is 12.1 Å². The fourth-order valence-corrected chi connectivity index (χ4v) is 1.65. The van der Waals surface area contributed by atoms with Gasteiger partial charge in [-0.05, 0) is 45.1 Å². The molecule has 1 rings (SSSR count). The van der Waals surface area contributed by atoms with Gasteiger partial charge in [-0.1, -0.05) is 25.5 Å². The van der Waals surface area contributed by atoms with E-state index >= 15 is 0 Å². The van der Waals surface area contributed by atoms with Gasteiger partial charge >= 0.3 is 6.09 Å². The Morgan fingerprint density at radius 1 is 1.42 bits per heavy atom. The molecule has 19 heavy (non-hydrogen) atoms. The second kappa shape index (κ2) is 7.79. The summed E-state index contributed by atoms with van der Waals surface area (Å²) in [7, 11) is 4.05. The minimum absolute atomic E-state index is 0.284. The minimum atomic E-state index is -0.386. The van der Waals surface area contributed by atoms with E-state index in [0.29, 0.717) is 12.3 Å². The van der Waals surface area contributed by atoms with Crippen LogP contribution in [0.4, 0.5) is 4.79 Å². The van der Waals surface area contributed by atoms with Gasteiger partial charge in [0.2, 0.25) is 0 Å². The average Bonchev–Trinajstić information content (AvgIpc) is 2.38. The quantitative estimate of drug-likeness (QED) is 0.802. The number of carbonyl (C=O) groups excluding carboxylic acids is 1. The summed E-state index contributed by atoms with van der Waals surface area (Å²) in [6, 6.07) is 7.93. The van der Waals surface area contributed by atoms with Gasteiger partial charge in [0, 0.05) is 12.6 Å². The highest BCUT2D eigenvalue weighted by atomic mass is 16.6. The molecule has 0 radical (unpaired) electrons. The Hall–Kier alpha value is -1.55. The van der Waals surface area contributed by atoms with Crippen molar-refractivity contribution in [2.75, 3.05) is 20.6 Å². The summed E-state index contributed by atoms with van der Waals surface area (Å²) in [6.45, 7) is 4.85. The van der Waals surface area contributed by atoms with Gasteiger partial charge in [-0.2, -0.15) is 0 Å². The lowest BCUT2D eigenvalue weighted by atomic mass is 10.1. The number of rotatable bonds is 6. The summed E-state index contributed by atoms with van der Waals surface area (Å²) in [4.78, 5) is 13.7. The third kappa shape index (κ3) is 5.30. The summed E-state index contributed by atoms with van der Waals surface area (Å²) < 4.78 is 5.26. The van der Waals surface area contributed by atoms with E-state index in [9.17, 15) is 4.79 Å². The van der Waals surface area contributed by atoms with E-state index in [4.69, 9.17) is 4.74 Å². The van der Waals surface area contributed by atoms with Crippen molar-refractivity contribution in [3.05, 3.63) is 29.8 Å². The van der Waals surface area contributed by atoms with E-state index < -0.39 is 0 Å². The van der Waals surface area contributed by atoms with Gasteiger partial charge in [0.15, 0.2) is 0 Å². The second-order valence-corrected chi connectivity index (χ2v) is 4.88. The van der Waals surface area contributed by atoms with Crippen LogP contribution < -0.4 is 10.1 Å². The lowest BCUT2D eigenvalue weighted by Crippen LogP contribution is -2.27. The molecule has 1 N–H and O–H groups in total. The van der Waals surface area contributed by atoms with Gasteiger partial charge in [0.05, 0.1) is 0 Å². The number of hydrogen-bond donors (Lipinski definition) is 1. The second-order valence-electron chi connectivity index (χ2n) is 4.88. The maximum atomic E-state index is 11.6. The van der Waals surface area contributed by atoms with Crippen LogP contribution in [0.15, 0.2) is 24.3 Å². The molecule has 1 amide bonds. The molecule has 0 heterocycles. The van der Waals surface area contributed by atoms with E-state index in [1.54, 1.807) is 6.07 Å². The number of nitrogens with one attached hydrogen (secondary N) is 1. The topological polar surface area (TPSA) is 41.6 Å². The maximum absolute atomic E-state index is 11.6. The molecular formula is C15H24N2O2. The smallest absolute Gasteiger partial charge is 0.410 e. The Labute approximate surface area is 115 Å². The molecule has 4 heteroatoms. The van der Waals surface area contributed by atoms with Crippen LogP contribution in [0, 0.1) is 0 Å². The number of carbonyl (C=O) groups is 1. The molecule has 0 bridgehead atoms. The first kappa shape index (κ1) is 15.5. The Bertz CT molecular complexity index is 405. The number of amides is 1. The summed E-state index contributed by atoms with van der Waals surface area (Å²) in [6.07, 6.45) is 1.63. The highest BCUT2D eigenvalue weighted by Gasteiger charge is 2.10. The molecule has 106 valence electrons. The SMILES string of the molecule is CCCCNC(=O)Oc1cccc(C(C)N(C)C)c1. The van der Waals surface area contributed by atoms with Crippen LogP contribution in [0.1, 0.15) is 38.3 Å². The summed E-state index contributed by atoms with van der Waals surface area (Å²) in [5.41, 5.74) is 1.13. The first-order valence-electron chi connectivity index (χ1n) is 6.76.